The number of hydrogen-bond donors (Lipinski definition) is 3. The van der Waals surface area contributed by atoms with Crippen molar-refractivity contribution in [1.29, 1.82) is 0 Å². The zero-order valence-corrected chi connectivity index (χ0v) is 9.74. The highest BCUT2D eigenvalue weighted by Gasteiger charge is 2.07. The van der Waals surface area contributed by atoms with Crippen molar-refractivity contribution in [3.8, 4) is 0 Å². The summed E-state index contributed by atoms with van der Waals surface area (Å²) in [6, 6.07) is 7.67. The molecule has 0 unspecified atom stereocenters. The van der Waals surface area contributed by atoms with E-state index in [9.17, 15) is 0 Å². The minimum absolute atomic E-state index is 0.727. The quantitative estimate of drug-likeness (QED) is 0.694. The van der Waals surface area contributed by atoms with Gasteiger partial charge >= 0.3 is 0 Å². The summed E-state index contributed by atoms with van der Waals surface area (Å²) in [6.07, 6.45) is 5.87. The number of benzene rings is 1. The van der Waals surface area contributed by atoms with Gasteiger partial charge in [0.1, 0.15) is 0 Å². The van der Waals surface area contributed by atoms with Crippen LogP contribution in [0.1, 0.15) is 18.4 Å². The van der Waals surface area contributed by atoms with Crippen molar-refractivity contribution in [3.05, 3.63) is 60.0 Å². The van der Waals surface area contributed by atoms with E-state index >= 15 is 0 Å². The Kier molecular flexibility index (Phi) is 3.19. The molecule has 0 aliphatic heterocycles. The van der Waals surface area contributed by atoms with Crippen LogP contribution in [0.15, 0.2) is 54.4 Å². The molecular formula is C14H17N3. The number of nitrogen functional groups attached to an aromatic ring is 1. The lowest BCUT2D eigenvalue weighted by atomic mass is 10.1. The van der Waals surface area contributed by atoms with Gasteiger partial charge in [0.05, 0.1) is 0 Å². The molecule has 0 amide bonds. The van der Waals surface area contributed by atoms with E-state index in [2.05, 4.69) is 11.9 Å². The fourth-order valence-electron chi connectivity index (χ4n) is 1.86. The van der Waals surface area contributed by atoms with Crippen molar-refractivity contribution in [1.82, 2.24) is 5.32 Å². The minimum Gasteiger partial charge on any atom is -0.399 e. The second kappa shape index (κ2) is 4.78. The van der Waals surface area contributed by atoms with Crippen LogP contribution in [-0.4, -0.2) is 0 Å². The largest absolute Gasteiger partial charge is 0.399 e. The van der Waals surface area contributed by atoms with Crippen LogP contribution in [-0.2, 0) is 0 Å². The summed E-state index contributed by atoms with van der Waals surface area (Å²) in [7, 11) is 0. The molecule has 0 aromatic heterocycles. The van der Waals surface area contributed by atoms with E-state index in [1.54, 1.807) is 0 Å². The molecule has 5 N–H and O–H groups in total. The molecule has 1 aromatic carbocycles. The van der Waals surface area contributed by atoms with Crippen LogP contribution in [0.25, 0.3) is 5.70 Å². The number of anilines is 1. The summed E-state index contributed by atoms with van der Waals surface area (Å²) in [4.78, 5) is 0. The van der Waals surface area contributed by atoms with Crippen LogP contribution in [0.5, 0.6) is 0 Å². The maximum atomic E-state index is 5.90. The molecular weight excluding hydrogens is 210 g/mol. The number of rotatable bonds is 3. The second-order valence-electron chi connectivity index (χ2n) is 4.10. The third-order valence-corrected chi connectivity index (χ3v) is 2.73. The van der Waals surface area contributed by atoms with Crippen LogP contribution in [0.4, 0.5) is 5.69 Å². The SMILES string of the molecule is C=C(NC1=CC(N)=CCC1)c1ccccc1N. The molecule has 1 aliphatic carbocycles. The molecule has 0 spiro atoms. The number of para-hydroxylation sites is 1. The molecule has 0 saturated carbocycles. The maximum Gasteiger partial charge on any atom is 0.0408 e. The smallest absolute Gasteiger partial charge is 0.0408 e. The third kappa shape index (κ3) is 2.69. The highest BCUT2D eigenvalue weighted by atomic mass is 14.9. The first-order chi connectivity index (χ1) is 8.16. The van der Waals surface area contributed by atoms with E-state index < -0.39 is 0 Å². The van der Waals surface area contributed by atoms with E-state index in [4.69, 9.17) is 11.5 Å². The van der Waals surface area contributed by atoms with Crippen LogP contribution in [0, 0.1) is 0 Å². The molecule has 0 saturated heterocycles. The van der Waals surface area contributed by atoms with Gasteiger partial charge in [0.2, 0.25) is 0 Å². The summed E-state index contributed by atoms with van der Waals surface area (Å²) in [5.41, 5.74) is 16.0. The van der Waals surface area contributed by atoms with Crippen molar-refractivity contribution in [2.75, 3.05) is 5.73 Å². The predicted molar refractivity (Wildman–Crippen MR) is 72.6 cm³/mol. The molecule has 3 heteroatoms. The zero-order valence-electron chi connectivity index (χ0n) is 9.74. The molecule has 2 rings (SSSR count). The van der Waals surface area contributed by atoms with E-state index in [0.717, 1.165) is 41.2 Å². The summed E-state index contributed by atoms with van der Waals surface area (Å²) in [5, 5.41) is 3.27. The Labute approximate surface area is 102 Å². The van der Waals surface area contributed by atoms with Gasteiger partial charge in [0.25, 0.3) is 0 Å². The van der Waals surface area contributed by atoms with Crippen LogP contribution in [0.2, 0.25) is 0 Å². The maximum absolute atomic E-state index is 5.90. The Morgan fingerprint density at radius 3 is 2.71 bits per heavy atom. The van der Waals surface area contributed by atoms with Gasteiger partial charge in [-0.3, -0.25) is 0 Å². The number of nitrogens with one attached hydrogen (secondary N) is 1. The highest BCUT2D eigenvalue weighted by Crippen LogP contribution is 2.21. The lowest BCUT2D eigenvalue weighted by Crippen LogP contribution is -2.15. The van der Waals surface area contributed by atoms with E-state index in [0.29, 0.717) is 0 Å². The van der Waals surface area contributed by atoms with Gasteiger partial charge in [-0.2, -0.15) is 0 Å². The predicted octanol–water partition coefficient (Wildman–Crippen LogP) is 2.35. The third-order valence-electron chi connectivity index (χ3n) is 2.73. The normalized spacial score (nSPS) is 14.8. The van der Waals surface area contributed by atoms with E-state index in [1.165, 1.54) is 0 Å². The van der Waals surface area contributed by atoms with Crippen molar-refractivity contribution in [2.45, 2.75) is 12.8 Å². The Morgan fingerprint density at radius 2 is 2.00 bits per heavy atom. The number of nitrogens with two attached hydrogens (primary N) is 2. The molecule has 0 bridgehead atoms. The van der Waals surface area contributed by atoms with Gasteiger partial charge in [0, 0.05) is 28.3 Å². The van der Waals surface area contributed by atoms with E-state index in [1.807, 2.05) is 36.4 Å². The zero-order chi connectivity index (χ0) is 12.3. The molecule has 0 radical (unpaired) electrons. The molecule has 17 heavy (non-hydrogen) atoms. The van der Waals surface area contributed by atoms with Crippen LogP contribution < -0.4 is 16.8 Å². The Balaban J connectivity index is 2.13. The molecule has 3 nitrogen and oxygen atoms in total. The fourth-order valence-corrected chi connectivity index (χ4v) is 1.86. The minimum atomic E-state index is 0.727. The van der Waals surface area contributed by atoms with Gasteiger partial charge in [-0.1, -0.05) is 30.9 Å². The van der Waals surface area contributed by atoms with Gasteiger partial charge in [-0.25, -0.2) is 0 Å². The molecule has 1 aliphatic rings. The van der Waals surface area contributed by atoms with Crippen molar-refractivity contribution in [3.63, 3.8) is 0 Å². The van der Waals surface area contributed by atoms with Crippen molar-refractivity contribution < 1.29 is 0 Å². The standard InChI is InChI=1S/C14H17N3/c1-10(13-7-2-3-8-14(13)16)17-12-6-4-5-11(15)9-12/h2-3,5,7-9,17H,1,4,6,15-16H2. The highest BCUT2D eigenvalue weighted by molar-refractivity contribution is 5.73. The molecule has 0 fully saturated rings. The summed E-state index contributed by atoms with van der Waals surface area (Å²) in [6.45, 7) is 4.01. The molecule has 0 atom stereocenters. The summed E-state index contributed by atoms with van der Waals surface area (Å²) in [5.74, 6) is 0. The topological polar surface area (TPSA) is 64.1 Å². The van der Waals surface area contributed by atoms with Gasteiger partial charge < -0.3 is 16.8 Å². The van der Waals surface area contributed by atoms with Gasteiger partial charge in [-0.05, 0) is 25.0 Å². The van der Waals surface area contributed by atoms with E-state index in [-0.39, 0.29) is 0 Å². The first-order valence-electron chi connectivity index (χ1n) is 5.64. The number of allylic oxidation sites excluding steroid dienone is 3. The lowest BCUT2D eigenvalue weighted by molar-refractivity contribution is 0.867. The van der Waals surface area contributed by atoms with Crippen LogP contribution in [0.3, 0.4) is 0 Å². The summed E-state index contributed by atoms with van der Waals surface area (Å²) < 4.78 is 0. The lowest BCUT2D eigenvalue weighted by Gasteiger charge is -2.17. The van der Waals surface area contributed by atoms with Gasteiger partial charge in [-0.15, -0.1) is 0 Å². The Bertz CT molecular complexity index is 498. The first kappa shape index (κ1) is 11.3. The average molecular weight is 227 g/mol. The molecule has 0 heterocycles. The summed E-state index contributed by atoms with van der Waals surface area (Å²) >= 11 is 0. The van der Waals surface area contributed by atoms with Crippen LogP contribution >= 0.6 is 0 Å². The molecule has 88 valence electrons. The Hall–Kier alpha value is -2.16. The molecule has 1 aromatic rings. The second-order valence-corrected chi connectivity index (χ2v) is 4.10. The number of hydrogen-bond acceptors (Lipinski definition) is 3. The monoisotopic (exact) mass is 227 g/mol. The van der Waals surface area contributed by atoms with Crippen molar-refractivity contribution in [2.24, 2.45) is 5.73 Å². The average Bonchev–Trinajstić information content (AvgIpc) is 2.29. The van der Waals surface area contributed by atoms with Gasteiger partial charge in [0.15, 0.2) is 0 Å². The Morgan fingerprint density at radius 1 is 1.24 bits per heavy atom. The first-order valence-corrected chi connectivity index (χ1v) is 5.64. The fraction of sp³-hybridized carbons (Fsp3) is 0.143. The van der Waals surface area contributed by atoms with Crippen molar-refractivity contribution >= 4 is 11.4 Å².